The number of benzene rings is 2. The van der Waals surface area contributed by atoms with Crippen molar-refractivity contribution in [2.75, 3.05) is 9.62 Å². The maximum atomic E-state index is 13.3. The third-order valence-electron chi connectivity index (χ3n) is 6.22. The smallest absolute Gasteiger partial charge is 0.406 e. The minimum atomic E-state index is -4.87. The van der Waals surface area contributed by atoms with Gasteiger partial charge < -0.3 is 9.64 Å². The highest BCUT2D eigenvalue weighted by molar-refractivity contribution is 7.91. The first kappa shape index (κ1) is 25.5. The number of halogens is 3. The van der Waals surface area contributed by atoms with Crippen LogP contribution in [0.15, 0.2) is 72.9 Å². The highest BCUT2D eigenvalue weighted by Crippen LogP contribution is 2.49. The lowest BCUT2D eigenvalue weighted by molar-refractivity contribution is -0.274. The predicted octanol–water partition coefficient (Wildman–Crippen LogP) is 4.42. The van der Waals surface area contributed by atoms with E-state index in [1.54, 1.807) is 36.4 Å². The van der Waals surface area contributed by atoms with Gasteiger partial charge in [0.05, 0.1) is 11.4 Å². The molecule has 1 spiro atoms. The summed E-state index contributed by atoms with van der Waals surface area (Å²) >= 11 is 0. The molecule has 3 aromatic rings. The number of aromatic nitrogens is 1. The van der Waals surface area contributed by atoms with E-state index < -0.39 is 39.6 Å². The predicted molar refractivity (Wildman–Crippen MR) is 130 cm³/mol. The summed E-state index contributed by atoms with van der Waals surface area (Å²) in [6.45, 7) is 0.00622. The fraction of sp³-hybridized carbons (Fsp3) is 0.240. The van der Waals surface area contributed by atoms with E-state index in [-0.39, 0.29) is 23.8 Å². The molecule has 13 heteroatoms. The van der Waals surface area contributed by atoms with Crippen LogP contribution in [0.5, 0.6) is 5.75 Å². The van der Waals surface area contributed by atoms with Gasteiger partial charge in [-0.1, -0.05) is 30.3 Å². The van der Waals surface area contributed by atoms with Crippen molar-refractivity contribution >= 4 is 33.5 Å². The van der Waals surface area contributed by atoms with Gasteiger partial charge in [0.2, 0.25) is 10.0 Å². The first-order chi connectivity index (χ1) is 18.0. The molecule has 9 nitrogen and oxygen atoms in total. The monoisotopic (exact) mass is 546 g/mol. The van der Waals surface area contributed by atoms with Crippen LogP contribution in [0, 0.1) is 0 Å². The number of amides is 3. The molecule has 2 aliphatic rings. The van der Waals surface area contributed by atoms with Gasteiger partial charge in [-0.25, -0.2) is 23.1 Å². The van der Waals surface area contributed by atoms with E-state index in [0.717, 1.165) is 17.0 Å². The average Bonchev–Trinajstić information content (AvgIpc) is 3.61. The van der Waals surface area contributed by atoms with Gasteiger partial charge in [0.15, 0.2) is 0 Å². The Morgan fingerprint density at radius 1 is 0.974 bits per heavy atom. The second-order valence-electron chi connectivity index (χ2n) is 8.98. The number of nitrogens with one attached hydrogen (secondary N) is 1. The van der Waals surface area contributed by atoms with Crippen LogP contribution in [0.4, 0.5) is 29.5 Å². The minimum absolute atomic E-state index is 0.00622. The number of hydrogen-bond acceptors (Lipinski definition) is 6. The lowest BCUT2D eigenvalue weighted by atomic mass is 10.2. The molecule has 1 N–H and O–H groups in total. The van der Waals surface area contributed by atoms with Crippen molar-refractivity contribution in [1.82, 2.24) is 9.88 Å². The summed E-state index contributed by atoms with van der Waals surface area (Å²) in [6.07, 6.45) is -2.60. The number of alkyl halides is 3. The van der Waals surface area contributed by atoms with Gasteiger partial charge in [-0.05, 0) is 60.4 Å². The summed E-state index contributed by atoms with van der Waals surface area (Å²) in [5.41, 5.74) is 0.216. The number of urea groups is 1. The van der Waals surface area contributed by atoms with Crippen molar-refractivity contribution in [3.05, 3.63) is 84.1 Å². The first-order valence-corrected chi connectivity index (χ1v) is 13.1. The number of ether oxygens (including phenoxy) is 1. The number of imide groups is 1. The molecule has 0 atom stereocenters. The minimum Gasteiger partial charge on any atom is -0.406 e. The molecule has 0 unspecified atom stereocenters. The van der Waals surface area contributed by atoms with Gasteiger partial charge in [0.25, 0.3) is 5.91 Å². The highest BCUT2D eigenvalue weighted by atomic mass is 32.2. The van der Waals surface area contributed by atoms with Crippen LogP contribution in [-0.2, 0) is 27.1 Å². The standard InChI is InChI=1S/C25H21F3N4O5S/c26-25(27,28)37-20-8-6-19(7-9-20)32-22(33)24(11-12-24)31(23(32)34)15-18-10-13-29-21(14-18)30-38(35,36)16-17-4-2-1-3-5-17/h1-10,13-14H,11-12,15-16H2,(H,29,30). The third-order valence-corrected chi connectivity index (χ3v) is 7.45. The van der Waals surface area contributed by atoms with Crippen LogP contribution in [-0.4, -0.2) is 42.1 Å². The van der Waals surface area contributed by atoms with Crippen molar-refractivity contribution in [3.8, 4) is 5.75 Å². The van der Waals surface area contributed by atoms with Crippen molar-refractivity contribution in [2.45, 2.75) is 37.0 Å². The van der Waals surface area contributed by atoms with E-state index in [1.165, 1.54) is 29.3 Å². The number of carbonyl (C=O) groups excluding carboxylic acids is 2. The average molecular weight is 547 g/mol. The van der Waals surface area contributed by atoms with Crippen LogP contribution < -0.4 is 14.4 Å². The molecule has 38 heavy (non-hydrogen) atoms. The number of hydrogen-bond donors (Lipinski definition) is 1. The maximum Gasteiger partial charge on any atom is 0.573 e. The van der Waals surface area contributed by atoms with Crippen molar-refractivity contribution in [1.29, 1.82) is 0 Å². The number of sulfonamides is 1. The van der Waals surface area contributed by atoms with Crippen LogP contribution in [0.1, 0.15) is 24.0 Å². The van der Waals surface area contributed by atoms with E-state index in [4.69, 9.17) is 0 Å². The second-order valence-corrected chi connectivity index (χ2v) is 10.7. The van der Waals surface area contributed by atoms with E-state index >= 15 is 0 Å². The topological polar surface area (TPSA) is 109 Å². The molecule has 1 saturated carbocycles. The zero-order valence-electron chi connectivity index (χ0n) is 19.7. The molecular formula is C25H21F3N4O5S. The Morgan fingerprint density at radius 2 is 1.66 bits per heavy atom. The molecule has 1 aliphatic heterocycles. The lowest BCUT2D eigenvalue weighted by Crippen LogP contribution is -2.36. The molecule has 3 amide bonds. The maximum absolute atomic E-state index is 13.3. The second kappa shape index (κ2) is 9.31. The number of nitrogens with zero attached hydrogens (tertiary/aromatic N) is 3. The molecule has 1 aliphatic carbocycles. The summed E-state index contributed by atoms with van der Waals surface area (Å²) in [5.74, 6) is -1.12. The fourth-order valence-electron chi connectivity index (χ4n) is 4.36. The Morgan fingerprint density at radius 3 is 2.29 bits per heavy atom. The van der Waals surface area contributed by atoms with Crippen LogP contribution in [0.25, 0.3) is 0 Å². The Bertz CT molecular complexity index is 1480. The van der Waals surface area contributed by atoms with Gasteiger partial charge in [-0.2, -0.15) is 0 Å². The van der Waals surface area contributed by atoms with Crippen LogP contribution >= 0.6 is 0 Å². The number of anilines is 2. The zero-order valence-corrected chi connectivity index (χ0v) is 20.5. The molecule has 2 aromatic carbocycles. The van der Waals surface area contributed by atoms with Gasteiger partial charge in [-0.15, -0.1) is 13.2 Å². The summed E-state index contributed by atoms with van der Waals surface area (Å²) in [4.78, 5) is 32.9. The van der Waals surface area contributed by atoms with E-state index in [2.05, 4.69) is 14.4 Å². The Kier molecular flexibility index (Phi) is 6.25. The molecule has 198 valence electrons. The van der Waals surface area contributed by atoms with Crippen molar-refractivity contribution in [3.63, 3.8) is 0 Å². The number of pyridine rings is 1. The molecular weight excluding hydrogens is 525 g/mol. The molecule has 1 aromatic heterocycles. The Hall–Kier alpha value is -4.13. The van der Waals surface area contributed by atoms with Crippen LogP contribution in [0.3, 0.4) is 0 Å². The molecule has 1 saturated heterocycles. The quantitative estimate of drug-likeness (QED) is 0.419. The zero-order chi connectivity index (χ0) is 27.1. The van der Waals surface area contributed by atoms with E-state index in [1.807, 2.05) is 0 Å². The lowest BCUT2D eigenvalue weighted by Gasteiger charge is -2.21. The fourth-order valence-corrected chi connectivity index (χ4v) is 5.49. The number of carbonyl (C=O) groups is 2. The molecule has 2 fully saturated rings. The third kappa shape index (κ3) is 5.28. The van der Waals surface area contributed by atoms with Gasteiger partial charge in [-0.3, -0.25) is 9.52 Å². The molecule has 5 rings (SSSR count). The summed E-state index contributed by atoms with van der Waals surface area (Å²) in [7, 11) is -3.76. The highest BCUT2D eigenvalue weighted by Gasteiger charge is 2.65. The van der Waals surface area contributed by atoms with E-state index in [0.29, 0.717) is 24.0 Å². The summed E-state index contributed by atoms with van der Waals surface area (Å²) in [5, 5.41) is 0. The summed E-state index contributed by atoms with van der Waals surface area (Å²) in [6, 6.07) is 15.6. The molecule has 2 heterocycles. The normalized spacial score (nSPS) is 16.7. The SMILES string of the molecule is O=C1N(c2ccc(OC(F)(F)F)cc2)C(=O)C2(CC2)N1Cc1ccnc(NS(=O)(=O)Cc2ccccc2)c1. The van der Waals surface area contributed by atoms with Gasteiger partial charge in [0, 0.05) is 12.7 Å². The van der Waals surface area contributed by atoms with Gasteiger partial charge in [0.1, 0.15) is 17.1 Å². The largest absolute Gasteiger partial charge is 0.573 e. The van der Waals surface area contributed by atoms with Crippen molar-refractivity contribution in [2.24, 2.45) is 0 Å². The number of rotatable bonds is 8. The van der Waals surface area contributed by atoms with Crippen LogP contribution in [0.2, 0.25) is 0 Å². The molecule has 0 bridgehead atoms. The Balaban J connectivity index is 1.32. The van der Waals surface area contributed by atoms with E-state index in [9.17, 15) is 31.2 Å². The van der Waals surface area contributed by atoms with Gasteiger partial charge >= 0.3 is 12.4 Å². The summed E-state index contributed by atoms with van der Waals surface area (Å²) < 4.78 is 68.9. The van der Waals surface area contributed by atoms with Crippen molar-refractivity contribution < 1.29 is 35.9 Å². The first-order valence-electron chi connectivity index (χ1n) is 11.5. The molecule has 0 radical (unpaired) electrons. The Labute approximate surface area is 215 Å².